The van der Waals surface area contributed by atoms with Crippen LogP contribution >= 0.6 is 7.75 Å². The van der Waals surface area contributed by atoms with Gasteiger partial charge in [-0.1, -0.05) is 48.5 Å². The van der Waals surface area contributed by atoms with Gasteiger partial charge in [0.05, 0.1) is 19.0 Å². The van der Waals surface area contributed by atoms with E-state index in [9.17, 15) is 18.9 Å². The number of aromatic nitrogens is 4. The number of aliphatic hydroxyl groups excluding tert-OH is 1. The lowest BCUT2D eigenvalue weighted by Crippen LogP contribution is -2.35. The molecular formula is C26H28FN6O7P. The zero-order valence-electron chi connectivity index (χ0n) is 21.9. The van der Waals surface area contributed by atoms with Crippen molar-refractivity contribution >= 4 is 30.7 Å². The maximum atomic E-state index is 13.8. The summed E-state index contributed by atoms with van der Waals surface area (Å²) < 4.78 is 51.5. The van der Waals surface area contributed by atoms with Crippen molar-refractivity contribution in [2.24, 2.45) is 0 Å². The Morgan fingerprint density at radius 2 is 1.93 bits per heavy atom. The Kier molecular flexibility index (Phi) is 8.57. The topological polar surface area (TPSA) is 173 Å². The van der Waals surface area contributed by atoms with Crippen LogP contribution in [0.5, 0.6) is 5.75 Å². The molecule has 1 fully saturated rings. The quantitative estimate of drug-likeness (QED) is 0.133. The average Bonchev–Trinajstić information content (AvgIpc) is 3.54. The number of rotatable bonds is 11. The number of nitrogens with one attached hydrogen (secondary N) is 1. The molecule has 1 aliphatic heterocycles. The standard InChI is InChI=1S/C26H28FN6O7P/c1-16(25(35)37-13-17-8-4-2-5-9-17)32-41(36,40-18-10-6-3-7-11-18)38-14-19-12-20(34)24(39-19)33-15-29-21-22(28)30-26(27)31-23(21)33/h2-11,15-16,19-20,24,34H,12-14H2,1H3,(H,32,36)(H2,28,30,31)/t16-,19-,20-,24+,41?/m0/s1. The summed E-state index contributed by atoms with van der Waals surface area (Å²) in [6, 6.07) is 16.4. The fourth-order valence-corrected chi connectivity index (χ4v) is 5.74. The number of fused-ring (bicyclic) bond motifs is 1. The molecule has 0 radical (unpaired) electrons. The highest BCUT2D eigenvalue weighted by atomic mass is 31.2. The molecule has 5 rings (SSSR count). The molecule has 4 N–H and O–H groups in total. The van der Waals surface area contributed by atoms with Crippen molar-refractivity contribution in [1.82, 2.24) is 24.6 Å². The molecule has 5 atom stereocenters. The molecule has 0 aliphatic carbocycles. The van der Waals surface area contributed by atoms with Gasteiger partial charge in [0, 0.05) is 6.42 Å². The first-order chi connectivity index (χ1) is 19.7. The second kappa shape index (κ2) is 12.3. The largest absolute Gasteiger partial charge is 0.460 e. The molecule has 15 heteroatoms. The summed E-state index contributed by atoms with van der Waals surface area (Å²) >= 11 is 0. The summed E-state index contributed by atoms with van der Waals surface area (Å²) in [5.41, 5.74) is 6.72. The zero-order chi connectivity index (χ0) is 29.0. The van der Waals surface area contributed by atoms with Gasteiger partial charge >= 0.3 is 19.8 Å². The van der Waals surface area contributed by atoms with Gasteiger partial charge in [-0.3, -0.25) is 13.9 Å². The highest BCUT2D eigenvalue weighted by Crippen LogP contribution is 2.46. The lowest BCUT2D eigenvalue weighted by atomic mass is 10.2. The maximum Gasteiger partial charge on any atom is 0.459 e. The first-order valence-electron chi connectivity index (χ1n) is 12.7. The normalized spacial score (nSPS) is 20.9. The van der Waals surface area contributed by atoms with E-state index in [1.54, 1.807) is 30.3 Å². The molecule has 1 unspecified atom stereocenters. The number of nitrogens with zero attached hydrogens (tertiary/aromatic N) is 4. The molecule has 216 valence electrons. The van der Waals surface area contributed by atoms with Crippen molar-refractivity contribution in [2.75, 3.05) is 12.3 Å². The van der Waals surface area contributed by atoms with Crippen LogP contribution in [-0.4, -0.2) is 55.5 Å². The Morgan fingerprint density at radius 1 is 1.22 bits per heavy atom. The Labute approximate surface area is 234 Å². The van der Waals surface area contributed by atoms with E-state index in [1.807, 2.05) is 30.3 Å². The summed E-state index contributed by atoms with van der Waals surface area (Å²) in [7, 11) is -4.17. The number of ether oxygens (including phenoxy) is 2. The monoisotopic (exact) mass is 586 g/mol. The van der Waals surface area contributed by atoms with E-state index in [-0.39, 0.29) is 42.4 Å². The van der Waals surface area contributed by atoms with Crippen LogP contribution in [0.4, 0.5) is 10.2 Å². The van der Waals surface area contributed by atoms with Crippen LogP contribution < -0.4 is 15.3 Å². The van der Waals surface area contributed by atoms with Gasteiger partial charge in [0.15, 0.2) is 23.2 Å². The first kappa shape index (κ1) is 28.6. The van der Waals surface area contributed by atoms with Crippen molar-refractivity contribution in [3.63, 3.8) is 0 Å². The van der Waals surface area contributed by atoms with Crippen LogP contribution in [0.25, 0.3) is 11.2 Å². The molecule has 3 heterocycles. The van der Waals surface area contributed by atoms with Crippen molar-refractivity contribution in [3.05, 3.63) is 78.6 Å². The molecule has 0 spiro atoms. The van der Waals surface area contributed by atoms with Crippen LogP contribution in [0, 0.1) is 6.08 Å². The summed E-state index contributed by atoms with van der Waals surface area (Å²) in [6.45, 7) is 1.23. The van der Waals surface area contributed by atoms with Crippen molar-refractivity contribution in [2.45, 2.75) is 44.4 Å². The van der Waals surface area contributed by atoms with Gasteiger partial charge < -0.3 is 24.8 Å². The molecule has 4 aromatic rings. The molecule has 2 aromatic heterocycles. The van der Waals surface area contributed by atoms with E-state index in [0.29, 0.717) is 0 Å². The molecule has 1 aliphatic rings. The minimum absolute atomic E-state index is 0.0367. The van der Waals surface area contributed by atoms with Gasteiger partial charge in [0.2, 0.25) is 0 Å². The molecular weight excluding hydrogens is 558 g/mol. The van der Waals surface area contributed by atoms with E-state index in [2.05, 4.69) is 20.0 Å². The Balaban J connectivity index is 1.26. The number of benzene rings is 2. The molecule has 13 nitrogen and oxygen atoms in total. The third-order valence-electron chi connectivity index (χ3n) is 6.19. The number of carbonyl (C=O) groups excluding carboxylic acids is 1. The number of para-hydroxylation sites is 1. The van der Waals surface area contributed by atoms with E-state index in [1.165, 1.54) is 17.8 Å². The lowest BCUT2D eigenvalue weighted by Gasteiger charge is -2.24. The Morgan fingerprint density at radius 3 is 2.66 bits per heavy atom. The minimum Gasteiger partial charge on any atom is -0.460 e. The summed E-state index contributed by atoms with van der Waals surface area (Å²) in [5.74, 6) is -0.579. The summed E-state index contributed by atoms with van der Waals surface area (Å²) in [4.78, 5) is 23.9. The van der Waals surface area contributed by atoms with Crippen molar-refractivity contribution in [1.29, 1.82) is 0 Å². The van der Waals surface area contributed by atoms with Crippen LogP contribution in [0.15, 0.2) is 67.0 Å². The number of esters is 1. The predicted molar refractivity (Wildman–Crippen MR) is 144 cm³/mol. The molecule has 1 saturated heterocycles. The lowest BCUT2D eigenvalue weighted by molar-refractivity contribution is -0.146. The van der Waals surface area contributed by atoms with Gasteiger partial charge in [0.1, 0.15) is 24.5 Å². The van der Waals surface area contributed by atoms with Gasteiger partial charge in [0.25, 0.3) is 0 Å². The first-order valence-corrected chi connectivity index (χ1v) is 14.2. The van der Waals surface area contributed by atoms with E-state index >= 15 is 0 Å². The number of anilines is 1. The third-order valence-corrected chi connectivity index (χ3v) is 7.83. The molecule has 0 bridgehead atoms. The smallest absolute Gasteiger partial charge is 0.459 e. The number of aliphatic hydroxyl groups is 1. The molecule has 2 aromatic carbocycles. The van der Waals surface area contributed by atoms with E-state index < -0.39 is 44.3 Å². The number of hydrogen-bond donors (Lipinski definition) is 3. The number of nitrogen functional groups attached to an aromatic ring is 1. The van der Waals surface area contributed by atoms with Gasteiger partial charge in [-0.15, -0.1) is 0 Å². The second-order valence-electron chi connectivity index (χ2n) is 9.30. The zero-order valence-corrected chi connectivity index (χ0v) is 22.8. The summed E-state index contributed by atoms with van der Waals surface area (Å²) in [6.07, 6.45) is -2.49. The Hall–Kier alpha value is -3.94. The van der Waals surface area contributed by atoms with Crippen LogP contribution in [0.1, 0.15) is 25.1 Å². The fraction of sp³-hybridized carbons (Fsp3) is 0.308. The highest BCUT2D eigenvalue weighted by Gasteiger charge is 2.39. The molecule has 0 saturated carbocycles. The van der Waals surface area contributed by atoms with Crippen LogP contribution in [0.2, 0.25) is 0 Å². The second-order valence-corrected chi connectivity index (χ2v) is 11.0. The van der Waals surface area contributed by atoms with Crippen LogP contribution in [-0.2, 0) is 30.0 Å². The SMILES string of the molecule is C[C@H](NP(=O)(OC[C@@H]1C[C@H](O)[C@H](n2cnc3c(N)nc(F)nc32)O1)Oc1ccccc1)C(=O)OCc1ccccc1. The number of imidazole rings is 1. The predicted octanol–water partition coefficient (Wildman–Crippen LogP) is 3.12. The fourth-order valence-electron chi connectivity index (χ4n) is 4.22. The molecule has 41 heavy (non-hydrogen) atoms. The van der Waals surface area contributed by atoms with E-state index in [4.69, 9.17) is 24.3 Å². The highest BCUT2D eigenvalue weighted by molar-refractivity contribution is 7.52. The van der Waals surface area contributed by atoms with Crippen molar-refractivity contribution < 1.29 is 37.4 Å². The van der Waals surface area contributed by atoms with Gasteiger partial charge in [-0.25, -0.2) is 9.55 Å². The average molecular weight is 587 g/mol. The van der Waals surface area contributed by atoms with E-state index in [0.717, 1.165) is 5.56 Å². The third kappa shape index (κ3) is 6.87. The maximum absolute atomic E-state index is 13.8. The minimum atomic E-state index is -4.17. The van der Waals surface area contributed by atoms with Gasteiger partial charge in [-0.05, 0) is 24.6 Å². The molecule has 0 amide bonds. The van der Waals surface area contributed by atoms with Crippen molar-refractivity contribution in [3.8, 4) is 5.75 Å². The number of nitrogens with two attached hydrogens (primary N) is 1. The number of carbonyl (C=O) groups is 1. The Bertz CT molecular complexity index is 1540. The number of hydrogen-bond acceptors (Lipinski definition) is 11. The number of halogens is 1. The van der Waals surface area contributed by atoms with Crippen LogP contribution in [0.3, 0.4) is 0 Å². The summed E-state index contributed by atoms with van der Waals surface area (Å²) in [5, 5.41) is 13.3. The van der Waals surface area contributed by atoms with Gasteiger partial charge in [-0.2, -0.15) is 19.4 Å².